The number of anilines is 1. The fourth-order valence-electron chi connectivity index (χ4n) is 3.03. The van der Waals surface area contributed by atoms with E-state index < -0.39 is 0 Å². The lowest BCUT2D eigenvalue weighted by Gasteiger charge is -2.21. The van der Waals surface area contributed by atoms with Gasteiger partial charge in [0.25, 0.3) is 0 Å². The summed E-state index contributed by atoms with van der Waals surface area (Å²) < 4.78 is 0.970. The van der Waals surface area contributed by atoms with E-state index in [9.17, 15) is 4.79 Å². The Morgan fingerprint density at radius 2 is 1.88 bits per heavy atom. The molecule has 26 heavy (non-hydrogen) atoms. The van der Waals surface area contributed by atoms with Crippen LogP contribution in [0.25, 0.3) is 6.08 Å². The molecule has 1 aromatic heterocycles. The summed E-state index contributed by atoms with van der Waals surface area (Å²) in [5, 5.41) is 2.90. The molecule has 0 bridgehead atoms. The molecule has 1 aliphatic rings. The molecule has 2 aromatic rings. The highest BCUT2D eigenvalue weighted by molar-refractivity contribution is 9.10. The maximum Gasteiger partial charge on any atom is 0.244 e. The van der Waals surface area contributed by atoms with Crippen LogP contribution in [-0.2, 0) is 11.3 Å². The number of halogens is 1. The van der Waals surface area contributed by atoms with Gasteiger partial charge in [-0.1, -0.05) is 53.0 Å². The normalized spacial score (nSPS) is 15.0. The second-order valence-corrected chi connectivity index (χ2v) is 7.35. The van der Waals surface area contributed by atoms with Gasteiger partial charge in [0.15, 0.2) is 0 Å². The third-order valence-corrected chi connectivity index (χ3v) is 5.25. The van der Waals surface area contributed by atoms with Crippen molar-refractivity contribution in [3.63, 3.8) is 0 Å². The van der Waals surface area contributed by atoms with E-state index in [2.05, 4.69) is 37.2 Å². The van der Waals surface area contributed by atoms with E-state index in [4.69, 9.17) is 0 Å². The monoisotopic (exact) mass is 413 g/mol. The number of carbonyl (C=O) groups is 1. The average molecular weight is 414 g/mol. The number of rotatable bonds is 5. The molecule has 1 amide bonds. The van der Waals surface area contributed by atoms with E-state index in [0.717, 1.165) is 34.5 Å². The molecule has 1 saturated heterocycles. The van der Waals surface area contributed by atoms with E-state index in [1.54, 1.807) is 12.2 Å². The van der Waals surface area contributed by atoms with Gasteiger partial charge in [0.05, 0.1) is 0 Å². The third-order valence-electron chi connectivity index (χ3n) is 4.53. The first-order valence-electron chi connectivity index (χ1n) is 9.13. The van der Waals surface area contributed by atoms with Gasteiger partial charge >= 0.3 is 0 Å². The Labute approximate surface area is 163 Å². The number of benzene rings is 1. The Morgan fingerprint density at radius 1 is 1.12 bits per heavy atom. The molecule has 0 saturated carbocycles. The summed E-state index contributed by atoms with van der Waals surface area (Å²) in [6, 6.07) is 11.9. The number of hydrogen-bond donors (Lipinski definition) is 1. The standard InChI is InChI=1S/C21H24BrN3O/c22-19-8-4-3-7-18(19)10-12-21(26)24-16-17-9-11-20(23-15-17)25-13-5-1-2-6-14-25/h3-4,7-12,15H,1-2,5-6,13-14,16H2,(H,24,26)/b12-10+. The smallest absolute Gasteiger partial charge is 0.244 e. The predicted octanol–water partition coefficient (Wildman–Crippen LogP) is 4.55. The zero-order valence-electron chi connectivity index (χ0n) is 14.8. The van der Waals surface area contributed by atoms with Crippen LogP contribution < -0.4 is 10.2 Å². The lowest BCUT2D eigenvalue weighted by molar-refractivity contribution is -0.116. The molecule has 2 heterocycles. The molecule has 1 N–H and O–H groups in total. The molecule has 0 aliphatic carbocycles. The number of amides is 1. The van der Waals surface area contributed by atoms with Crippen LogP contribution >= 0.6 is 15.9 Å². The van der Waals surface area contributed by atoms with Crippen LogP contribution in [0.3, 0.4) is 0 Å². The van der Waals surface area contributed by atoms with Gasteiger partial charge in [-0.2, -0.15) is 0 Å². The topological polar surface area (TPSA) is 45.2 Å². The van der Waals surface area contributed by atoms with Gasteiger partial charge in [0, 0.05) is 36.4 Å². The summed E-state index contributed by atoms with van der Waals surface area (Å²) in [4.78, 5) is 18.9. The third kappa shape index (κ3) is 5.43. The molecule has 0 atom stereocenters. The van der Waals surface area contributed by atoms with E-state index in [1.165, 1.54) is 25.7 Å². The molecule has 4 nitrogen and oxygen atoms in total. The van der Waals surface area contributed by atoms with Crippen LogP contribution in [0, 0.1) is 0 Å². The summed E-state index contributed by atoms with van der Waals surface area (Å²) in [7, 11) is 0. The zero-order chi connectivity index (χ0) is 18.2. The summed E-state index contributed by atoms with van der Waals surface area (Å²) in [5.74, 6) is 0.924. The second-order valence-electron chi connectivity index (χ2n) is 6.50. The highest BCUT2D eigenvalue weighted by Gasteiger charge is 2.10. The lowest BCUT2D eigenvalue weighted by atomic mass is 10.2. The van der Waals surface area contributed by atoms with Crippen LogP contribution in [0.1, 0.15) is 36.8 Å². The summed E-state index contributed by atoms with van der Waals surface area (Å²) >= 11 is 3.47. The number of carbonyl (C=O) groups excluding carboxylic acids is 1. The minimum absolute atomic E-state index is 0.114. The van der Waals surface area contributed by atoms with Gasteiger partial charge in [0.2, 0.25) is 5.91 Å². The SMILES string of the molecule is O=C(/C=C/c1ccccc1Br)NCc1ccc(N2CCCCCC2)nc1. The van der Waals surface area contributed by atoms with E-state index in [-0.39, 0.29) is 5.91 Å². The van der Waals surface area contributed by atoms with Gasteiger partial charge in [-0.25, -0.2) is 4.98 Å². The van der Waals surface area contributed by atoms with Gasteiger partial charge in [-0.3, -0.25) is 4.79 Å². The van der Waals surface area contributed by atoms with Crippen LogP contribution in [0.4, 0.5) is 5.82 Å². The van der Waals surface area contributed by atoms with Crippen molar-refractivity contribution in [2.24, 2.45) is 0 Å². The maximum absolute atomic E-state index is 12.0. The largest absolute Gasteiger partial charge is 0.357 e. The molecule has 5 heteroatoms. The molecule has 136 valence electrons. The van der Waals surface area contributed by atoms with Gasteiger partial charge in [-0.15, -0.1) is 0 Å². The first-order valence-corrected chi connectivity index (χ1v) is 9.92. The Balaban J connectivity index is 1.51. The first kappa shape index (κ1) is 18.6. The van der Waals surface area contributed by atoms with Crippen molar-refractivity contribution in [1.82, 2.24) is 10.3 Å². The van der Waals surface area contributed by atoms with Crippen molar-refractivity contribution in [1.29, 1.82) is 0 Å². The fraction of sp³-hybridized carbons (Fsp3) is 0.333. The number of nitrogens with zero attached hydrogens (tertiary/aromatic N) is 2. The summed E-state index contributed by atoms with van der Waals surface area (Å²) in [6.07, 6.45) is 10.3. The maximum atomic E-state index is 12.0. The molecule has 1 aliphatic heterocycles. The Hall–Kier alpha value is -2.14. The lowest BCUT2D eigenvalue weighted by Crippen LogP contribution is -2.25. The molecule has 0 radical (unpaired) electrons. The van der Waals surface area contributed by atoms with Crippen molar-refractivity contribution in [2.45, 2.75) is 32.2 Å². The fourth-order valence-corrected chi connectivity index (χ4v) is 3.45. The number of nitrogens with one attached hydrogen (secondary N) is 1. The predicted molar refractivity (Wildman–Crippen MR) is 110 cm³/mol. The van der Waals surface area contributed by atoms with Crippen molar-refractivity contribution in [2.75, 3.05) is 18.0 Å². The first-order chi connectivity index (χ1) is 12.7. The molecule has 3 rings (SSSR count). The van der Waals surface area contributed by atoms with E-state index in [1.807, 2.05) is 36.5 Å². The minimum atomic E-state index is -0.114. The van der Waals surface area contributed by atoms with Crippen molar-refractivity contribution < 1.29 is 4.79 Å². The van der Waals surface area contributed by atoms with E-state index in [0.29, 0.717) is 6.54 Å². The van der Waals surface area contributed by atoms with Crippen LogP contribution in [-0.4, -0.2) is 24.0 Å². The summed E-state index contributed by atoms with van der Waals surface area (Å²) in [6.45, 7) is 2.65. The molecule has 0 spiro atoms. The molecular weight excluding hydrogens is 390 g/mol. The second kappa shape index (κ2) is 9.53. The average Bonchev–Trinajstić information content (AvgIpc) is 2.96. The molecule has 1 aromatic carbocycles. The van der Waals surface area contributed by atoms with Crippen molar-refractivity contribution in [3.8, 4) is 0 Å². The molecule has 0 unspecified atom stereocenters. The molecular formula is C21H24BrN3O. The van der Waals surface area contributed by atoms with Gasteiger partial charge in [0.1, 0.15) is 5.82 Å². The Kier molecular flexibility index (Phi) is 6.83. The van der Waals surface area contributed by atoms with Gasteiger partial charge in [-0.05, 0) is 42.2 Å². The van der Waals surface area contributed by atoms with Crippen molar-refractivity contribution in [3.05, 3.63) is 64.3 Å². The van der Waals surface area contributed by atoms with Crippen LogP contribution in [0.2, 0.25) is 0 Å². The Bertz CT molecular complexity index is 750. The highest BCUT2D eigenvalue weighted by atomic mass is 79.9. The number of pyridine rings is 1. The quantitative estimate of drug-likeness (QED) is 0.730. The van der Waals surface area contributed by atoms with Gasteiger partial charge < -0.3 is 10.2 Å². The number of hydrogen-bond acceptors (Lipinski definition) is 3. The highest BCUT2D eigenvalue weighted by Crippen LogP contribution is 2.18. The Morgan fingerprint density at radius 3 is 2.58 bits per heavy atom. The van der Waals surface area contributed by atoms with Crippen molar-refractivity contribution >= 4 is 33.7 Å². The summed E-state index contributed by atoms with van der Waals surface area (Å²) in [5.41, 5.74) is 1.98. The molecule has 1 fully saturated rings. The zero-order valence-corrected chi connectivity index (χ0v) is 16.4. The number of aromatic nitrogens is 1. The van der Waals surface area contributed by atoms with Crippen LogP contribution in [0.5, 0.6) is 0 Å². The van der Waals surface area contributed by atoms with E-state index >= 15 is 0 Å². The minimum Gasteiger partial charge on any atom is -0.357 e. The van der Waals surface area contributed by atoms with Crippen LogP contribution in [0.15, 0.2) is 53.1 Å².